The molecule has 0 fully saturated rings. The lowest BCUT2D eigenvalue weighted by atomic mass is 9.88. The zero-order chi connectivity index (χ0) is 16.9. The summed E-state index contributed by atoms with van der Waals surface area (Å²) >= 11 is 1.68. The first kappa shape index (κ1) is 16.3. The summed E-state index contributed by atoms with van der Waals surface area (Å²) in [6, 6.07) is 19.7. The van der Waals surface area contributed by atoms with Crippen molar-refractivity contribution in [3.63, 3.8) is 0 Å². The molecule has 3 nitrogen and oxygen atoms in total. The Morgan fingerprint density at radius 2 is 1.92 bits per heavy atom. The number of nitrogens with two attached hydrogens (primary N) is 1. The number of carbonyl (C=O) groups excluding carboxylic acids is 1. The Bertz CT molecular complexity index is 813. The van der Waals surface area contributed by atoms with E-state index in [0.29, 0.717) is 17.9 Å². The van der Waals surface area contributed by atoms with Gasteiger partial charge in [0.05, 0.1) is 12.2 Å². The molecule has 2 aromatic carbocycles. The van der Waals surface area contributed by atoms with E-state index in [1.165, 1.54) is 4.88 Å². The first-order valence-electron chi connectivity index (χ1n) is 7.85. The number of anilines is 1. The molecule has 0 radical (unpaired) electrons. The highest BCUT2D eigenvalue weighted by Gasteiger charge is 2.21. The summed E-state index contributed by atoms with van der Waals surface area (Å²) in [6.45, 7) is 2.15. The molecule has 24 heavy (non-hydrogen) atoms. The maximum Gasteiger partial charge on any atom is 0.338 e. The van der Waals surface area contributed by atoms with Gasteiger partial charge in [-0.1, -0.05) is 36.4 Å². The largest absolute Gasteiger partial charge is 0.462 e. The van der Waals surface area contributed by atoms with Gasteiger partial charge in [-0.25, -0.2) is 4.79 Å². The highest BCUT2D eigenvalue weighted by atomic mass is 32.1. The second-order valence-electron chi connectivity index (χ2n) is 5.42. The van der Waals surface area contributed by atoms with Crippen LogP contribution in [-0.4, -0.2) is 12.6 Å². The molecular formula is C20H19NO2S. The van der Waals surface area contributed by atoms with Crippen LogP contribution < -0.4 is 5.73 Å². The van der Waals surface area contributed by atoms with Crippen molar-refractivity contribution in [3.8, 4) is 0 Å². The number of carbonyl (C=O) groups is 1. The van der Waals surface area contributed by atoms with Gasteiger partial charge in [0.25, 0.3) is 0 Å². The van der Waals surface area contributed by atoms with Crippen molar-refractivity contribution < 1.29 is 9.53 Å². The van der Waals surface area contributed by atoms with Gasteiger partial charge in [-0.05, 0) is 47.7 Å². The molecule has 0 bridgehead atoms. The van der Waals surface area contributed by atoms with Gasteiger partial charge in [0.15, 0.2) is 0 Å². The number of hydrogen-bond donors (Lipinski definition) is 1. The predicted octanol–water partition coefficient (Wildman–Crippen LogP) is 4.69. The smallest absolute Gasteiger partial charge is 0.338 e. The van der Waals surface area contributed by atoms with E-state index in [1.807, 2.05) is 30.3 Å². The van der Waals surface area contributed by atoms with E-state index in [9.17, 15) is 4.79 Å². The zero-order valence-corrected chi connectivity index (χ0v) is 14.3. The maximum absolute atomic E-state index is 12.1. The molecule has 2 N–H and O–H groups in total. The Morgan fingerprint density at radius 1 is 1.12 bits per heavy atom. The van der Waals surface area contributed by atoms with Gasteiger partial charge < -0.3 is 10.5 Å². The fraction of sp³-hybridized carbons (Fsp3) is 0.150. The van der Waals surface area contributed by atoms with Gasteiger partial charge in [0.1, 0.15) is 0 Å². The monoisotopic (exact) mass is 337 g/mol. The van der Waals surface area contributed by atoms with E-state index >= 15 is 0 Å². The van der Waals surface area contributed by atoms with Gasteiger partial charge in [0.2, 0.25) is 0 Å². The number of esters is 1. The number of benzene rings is 2. The Hall–Kier alpha value is -2.59. The third-order valence-electron chi connectivity index (χ3n) is 3.87. The van der Waals surface area contributed by atoms with Crippen molar-refractivity contribution in [1.82, 2.24) is 0 Å². The number of rotatable bonds is 5. The van der Waals surface area contributed by atoms with Crippen LogP contribution in [-0.2, 0) is 4.74 Å². The van der Waals surface area contributed by atoms with Gasteiger partial charge >= 0.3 is 5.97 Å². The third-order valence-corrected chi connectivity index (χ3v) is 4.81. The Kier molecular flexibility index (Phi) is 4.96. The summed E-state index contributed by atoms with van der Waals surface area (Å²) in [5.74, 6) is -0.322. The predicted molar refractivity (Wildman–Crippen MR) is 98.5 cm³/mol. The second kappa shape index (κ2) is 7.32. The van der Waals surface area contributed by atoms with E-state index in [4.69, 9.17) is 10.5 Å². The molecule has 1 heterocycles. The van der Waals surface area contributed by atoms with Gasteiger partial charge in [-0.3, -0.25) is 0 Å². The van der Waals surface area contributed by atoms with Crippen molar-refractivity contribution in [2.75, 3.05) is 12.3 Å². The minimum atomic E-state index is -0.322. The minimum Gasteiger partial charge on any atom is -0.462 e. The summed E-state index contributed by atoms with van der Waals surface area (Å²) in [4.78, 5) is 13.3. The number of nitrogen functional groups attached to an aromatic ring is 1. The van der Waals surface area contributed by atoms with Crippen LogP contribution in [0, 0.1) is 0 Å². The number of hydrogen-bond acceptors (Lipinski definition) is 4. The summed E-state index contributed by atoms with van der Waals surface area (Å²) in [5, 5.41) is 2.05. The van der Waals surface area contributed by atoms with E-state index in [2.05, 4.69) is 23.6 Å². The third kappa shape index (κ3) is 3.34. The number of ether oxygens (including phenoxy) is 1. The van der Waals surface area contributed by atoms with Crippen LogP contribution in [0.4, 0.5) is 5.69 Å². The molecule has 0 aliphatic heterocycles. The Labute approximate surface area is 145 Å². The van der Waals surface area contributed by atoms with Crippen LogP contribution in [0.25, 0.3) is 0 Å². The van der Waals surface area contributed by atoms with Crippen molar-refractivity contribution in [2.24, 2.45) is 0 Å². The molecule has 122 valence electrons. The van der Waals surface area contributed by atoms with Gasteiger partial charge in [-0.15, -0.1) is 11.3 Å². The minimum absolute atomic E-state index is 0.000534. The molecule has 0 saturated carbocycles. The summed E-state index contributed by atoms with van der Waals surface area (Å²) in [6.07, 6.45) is 0. The van der Waals surface area contributed by atoms with Crippen molar-refractivity contribution in [1.29, 1.82) is 0 Å². The molecule has 0 spiro atoms. The standard InChI is InChI=1S/C20H19NO2S/c1-2-23-20(22)15-10-11-17(21)16(13-15)19(18-9-6-12-24-18)14-7-4-3-5-8-14/h3-13,19H,2,21H2,1H3. The summed E-state index contributed by atoms with van der Waals surface area (Å²) in [5.41, 5.74) is 9.53. The van der Waals surface area contributed by atoms with Crippen LogP contribution in [0.2, 0.25) is 0 Å². The fourth-order valence-corrected chi connectivity index (χ4v) is 3.63. The average Bonchev–Trinajstić information content (AvgIpc) is 3.12. The molecule has 0 saturated heterocycles. The lowest BCUT2D eigenvalue weighted by Gasteiger charge is -2.19. The SMILES string of the molecule is CCOC(=O)c1ccc(N)c(C(c2ccccc2)c2cccs2)c1. The van der Waals surface area contributed by atoms with Crippen LogP contribution in [0.15, 0.2) is 66.0 Å². The van der Waals surface area contributed by atoms with Crippen molar-refractivity contribution in [2.45, 2.75) is 12.8 Å². The zero-order valence-electron chi connectivity index (χ0n) is 13.4. The molecule has 1 unspecified atom stereocenters. The average molecular weight is 337 g/mol. The molecule has 1 aromatic heterocycles. The van der Waals surface area contributed by atoms with Gasteiger partial charge in [-0.2, -0.15) is 0 Å². The summed E-state index contributed by atoms with van der Waals surface area (Å²) < 4.78 is 5.12. The van der Waals surface area contributed by atoms with E-state index in [-0.39, 0.29) is 11.9 Å². The van der Waals surface area contributed by atoms with Crippen LogP contribution >= 0.6 is 11.3 Å². The molecule has 4 heteroatoms. The first-order valence-corrected chi connectivity index (χ1v) is 8.73. The highest BCUT2D eigenvalue weighted by molar-refractivity contribution is 7.10. The molecule has 0 amide bonds. The molecule has 0 aliphatic rings. The quantitative estimate of drug-likeness (QED) is 0.543. The van der Waals surface area contributed by atoms with Gasteiger partial charge in [0, 0.05) is 16.5 Å². The first-order chi connectivity index (χ1) is 11.7. The molecule has 3 rings (SSSR count). The molecule has 1 atom stereocenters. The normalized spacial score (nSPS) is 11.9. The second-order valence-corrected chi connectivity index (χ2v) is 6.40. The topological polar surface area (TPSA) is 52.3 Å². The molecule has 3 aromatic rings. The van der Waals surface area contributed by atoms with Crippen LogP contribution in [0.5, 0.6) is 0 Å². The van der Waals surface area contributed by atoms with E-state index in [1.54, 1.807) is 30.4 Å². The Morgan fingerprint density at radius 3 is 2.58 bits per heavy atom. The highest BCUT2D eigenvalue weighted by Crippen LogP contribution is 2.37. The lowest BCUT2D eigenvalue weighted by Crippen LogP contribution is -2.09. The van der Waals surface area contributed by atoms with Crippen molar-refractivity contribution in [3.05, 3.63) is 87.6 Å². The van der Waals surface area contributed by atoms with Crippen LogP contribution in [0.1, 0.15) is 39.2 Å². The fourth-order valence-electron chi connectivity index (χ4n) is 2.76. The maximum atomic E-state index is 12.1. The molecular weight excluding hydrogens is 318 g/mol. The van der Waals surface area contributed by atoms with Crippen molar-refractivity contribution >= 4 is 23.0 Å². The Balaban J connectivity index is 2.11. The molecule has 0 aliphatic carbocycles. The number of thiophene rings is 1. The van der Waals surface area contributed by atoms with Crippen LogP contribution in [0.3, 0.4) is 0 Å². The summed E-state index contributed by atoms with van der Waals surface area (Å²) in [7, 11) is 0. The lowest BCUT2D eigenvalue weighted by molar-refractivity contribution is 0.0526. The van der Waals surface area contributed by atoms with E-state index in [0.717, 1.165) is 11.1 Å². The van der Waals surface area contributed by atoms with E-state index < -0.39 is 0 Å².